The van der Waals surface area contributed by atoms with Crippen molar-refractivity contribution in [3.63, 3.8) is 0 Å². The number of methoxy groups -OCH3 is 1. The van der Waals surface area contributed by atoms with Gasteiger partial charge in [0.2, 0.25) is 0 Å². The van der Waals surface area contributed by atoms with Crippen molar-refractivity contribution in [2.24, 2.45) is 165 Å². The molecule has 0 amide bonds. The zero-order valence-electron chi connectivity index (χ0n) is 30.3. The maximum atomic E-state index is 5.74. The number of rotatable bonds is 2. The molecule has 16 aliphatic carbocycles. The fourth-order valence-electron chi connectivity index (χ4n) is 25.4. The van der Waals surface area contributed by atoms with Gasteiger partial charge in [-0.15, -0.1) is 0 Å². The van der Waals surface area contributed by atoms with E-state index in [-0.39, 0.29) is 0 Å². The Hall–Kier alpha value is -1.80. The first-order valence-electron chi connectivity index (χ1n) is 22.6. The van der Waals surface area contributed by atoms with Crippen LogP contribution in [0.3, 0.4) is 0 Å². The Labute approximate surface area is 303 Å². The van der Waals surface area contributed by atoms with Crippen molar-refractivity contribution in [1.29, 1.82) is 0 Å². The summed E-state index contributed by atoms with van der Waals surface area (Å²) in [5.41, 5.74) is 8.21. The summed E-state index contributed by atoms with van der Waals surface area (Å²) in [6.07, 6.45) is 17.2. The Morgan fingerprint density at radius 1 is 0.569 bits per heavy atom. The molecule has 14 fully saturated rings. The van der Waals surface area contributed by atoms with Gasteiger partial charge in [-0.25, -0.2) is 0 Å². The number of likely N-dealkylation sites (tertiary alicyclic amines) is 1. The van der Waals surface area contributed by atoms with Crippen LogP contribution in [0.1, 0.15) is 43.7 Å². The van der Waals surface area contributed by atoms with Crippen LogP contribution in [-0.4, -0.2) is 25.6 Å². The zero-order valence-corrected chi connectivity index (χ0v) is 30.3. The van der Waals surface area contributed by atoms with E-state index >= 15 is 0 Å². The molecule has 18 rings (SSSR count). The van der Waals surface area contributed by atoms with Crippen LogP contribution in [0.5, 0.6) is 5.75 Å². The Morgan fingerprint density at radius 3 is 2.10 bits per heavy atom. The fourth-order valence-corrected chi connectivity index (χ4v) is 25.4. The lowest BCUT2D eigenvalue weighted by molar-refractivity contribution is -0.157. The Kier molecular flexibility index (Phi) is 3.80. The van der Waals surface area contributed by atoms with E-state index in [0.717, 1.165) is 166 Å². The molecule has 29 atom stereocenters. The number of fused-ring (bicyclic) bond motifs is 1. The van der Waals surface area contributed by atoms with Gasteiger partial charge in [0, 0.05) is 18.0 Å². The average molecular weight is 672 g/mol. The number of benzene rings is 1. The van der Waals surface area contributed by atoms with Crippen molar-refractivity contribution in [2.75, 3.05) is 20.7 Å². The minimum absolute atomic E-state index is 0.400. The molecule has 2 nitrogen and oxygen atoms in total. The monoisotopic (exact) mass is 671 g/mol. The zero-order chi connectivity index (χ0) is 32.0. The summed E-state index contributed by atoms with van der Waals surface area (Å²) in [6.45, 7) is 1.34. The van der Waals surface area contributed by atoms with Crippen LogP contribution < -0.4 is 4.74 Å². The van der Waals surface area contributed by atoms with Gasteiger partial charge in [-0.3, -0.25) is 4.90 Å². The van der Waals surface area contributed by atoms with E-state index in [9.17, 15) is 0 Å². The van der Waals surface area contributed by atoms with Crippen LogP contribution in [-0.2, 0) is 0 Å². The van der Waals surface area contributed by atoms with Crippen LogP contribution in [0.4, 0.5) is 0 Å². The summed E-state index contributed by atoms with van der Waals surface area (Å²) in [6, 6.07) is 10.1. The molecule has 2 heteroatoms. The maximum Gasteiger partial charge on any atom is 0.118 e. The average Bonchev–Trinajstić information content (AvgIpc) is 3.98. The first-order valence-corrected chi connectivity index (χ1v) is 22.6. The second-order valence-corrected chi connectivity index (χ2v) is 23.5. The Morgan fingerprint density at radius 2 is 1.25 bits per heavy atom. The molecule has 260 valence electrons. The molecule has 0 radical (unpaired) electrons. The second-order valence-electron chi connectivity index (χ2n) is 23.5. The van der Waals surface area contributed by atoms with Crippen molar-refractivity contribution in [1.82, 2.24) is 4.90 Å². The second kappa shape index (κ2) is 7.43. The SMILES string of the molecule is COc1ccc(C2C3C4CC5=CC6CC7CC8CC9=CC%10CC%11=CC3(CN2C)C2C%11C3C%10C%10C9C8C8C7C7C6C5C5C4C2C2C3C%10C8C7C52)cc1. The highest BCUT2D eigenvalue weighted by Gasteiger charge is 2.89. The molecule has 1 heterocycles. The lowest BCUT2D eigenvalue weighted by Crippen LogP contribution is -2.61. The van der Waals surface area contributed by atoms with E-state index in [1.54, 1.807) is 24.8 Å². The van der Waals surface area contributed by atoms with Crippen molar-refractivity contribution in [2.45, 2.75) is 38.1 Å². The highest BCUT2D eigenvalue weighted by atomic mass is 16.5. The van der Waals surface area contributed by atoms with Gasteiger partial charge in [0.15, 0.2) is 0 Å². The van der Waals surface area contributed by atoms with Crippen molar-refractivity contribution in [3.05, 3.63) is 64.8 Å². The third kappa shape index (κ3) is 2.20. The molecule has 0 aromatic heterocycles. The molecule has 0 N–H and O–H groups in total. The Balaban J connectivity index is 0.964. The summed E-state index contributed by atoms with van der Waals surface area (Å²) in [5, 5.41) is 0. The van der Waals surface area contributed by atoms with Gasteiger partial charge in [-0.05, 0) is 217 Å². The van der Waals surface area contributed by atoms with Crippen LogP contribution in [0.25, 0.3) is 0 Å². The fraction of sp³-hybridized carbons (Fsp3) is 0.755. The smallest absolute Gasteiger partial charge is 0.118 e. The molecular formula is C49H53NO. The summed E-state index contributed by atoms with van der Waals surface area (Å²) in [7, 11) is 4.41. The molecule has 1 saturated heterocycles. The van der Waals surface area contributed by atoms with Gasteiger partial charge in [-0.1, -0.05) is 47.1 Å². The van der Waals surface area contributed by atoms with Gasteiger partial charge < -0.3 is 4.74 Å². The topological polar surface area (TPSA) is 12.5 Å². The molecule has 1 aliphatic heterocycles. The summed E-state index contributed by atoms with van der Waals surface area (Å²) in [4.78, 5) is 2.94. The van der Waals surface area contributed by atoms with Gasteiger partial charge in [0.1, 0.15) is 5.75 Å². The molecule has 1 aromatic carbocycles. The van der Waals surface area contributed by atoms with Crippen molar-refractivity contribution >= 4 is 0 Å². The molecular weight excluding hydrogens is 619 g/mol. The summed E-state index contributed by atoms with van der Waals surface area (Å²) < 4.78 is 5.74. The van der Waals surface area contributed by atoms with Crippen molar-refractivity contribution in [3.8, 4) is 5.75 Å². The van der Waals surface area contributed by atoms with Crippen LogP contribution in [0.2, 0.25) is 0 Å². The minimum atomic E-state index is 0.400. The normalized spacial score (nSPS) is 71.6. The van der Waals surface area contributed by atoms with Crippen molar-refractivity contribution < 1.29 is 4.74 Å². The van der Waals surface area contributed by atoms with Gasteiger partial charge in [-0.2, -0.15) is 0 Å². The van der Waals surface area contributed by atoms with E-state index in [4.69, 9.17) is 4.74 Å². The number of ether oxygens (including phenoxy) is 1. The van der Waals surface area contributed by atoms with E-state index in [0.29, 0.717) is 11.5 Å². The quantitative estimate of drug-likeness (QED) is 0.294. The van der Waals surface area contributed by atoms with Crippen LogP contribution in [0, 0.1) is 165 Å². The third-order valence-electron chi connectivity index (χ3n) is 24.0. The minimum Gasteiger partial charge on any atom is -0.497 e. The maximum absolute atomic E-state index is 5.74. The molecule has 29 unspecified atom stereocenters. The third-order valence-corrected chi connectivity index (χ3v) is 24.0. The number of hydrogen-bond acceptors (Lipinski definition) is 2. The van der Waals surface area contributed by atoms with Crippen LogP contribution >= 0.6 is 0 Å². The molecule has 13 saturated carbocycles. The molecule has 17 aliphatic rings. The first kappa shape index (κ1) is 26.1. The lowest BCUT2D eigenvalue weighted by Gasteiger charge is -2.63. The molecule has 1 aromatic rings. The number of allylic oxidation sites excluding steroid dienone is 5. The largest absolute Gasteiger partial charge is 0.497 e. The highest BCUT2D eigenvalue weighted by molar-refractivity contribution is 5.48. The molecule has 51 heavy (non-hydrogen) atoms. The number of hydrogen-bond donors (Lipinski definition) is 0. The predicted molar refractivity (Wildman–Crippen MR) is 192 cm³/mol. The van der Waals surface area contributed by atoms with Gasteiger partial charge >= 0.3 is 0 Å². The van der Waals surface area contributed by atoms with E-state index in [2.05, 4.69) is 71.2 Å². The van der Waals surface area contributed by atoms with Gasteiger partial charge in [0.25, 0.3) is 0 Å². The van der Waals surface area contributed by atoms with E-state index in [1.165, 1.54) is 19.4 Å². The van der Waals surface area contributed by atoms with E-state index < -0.39 is 0 Å². The Bertz CT molecular complexity index is 2060. The van der Waals surface area contributed by atoms with Gasteiger partial charge in [0.05, 0.1) is 7.11 Å². The predicted octanol–water partition coefficient (Wildman–Crippen LogP) is 8.25. The lowest BCUT2D eigenvalue weighted by atomic mass is 9.40. The van der Waals surface area contributed by atoms with E-state index in [1.807, 2.05) is 7.11 Å². The molecule has 0 bridgehead atoms. The highest BCUT2D eigenvalue weighted by Crippen LogP contribution is 2.93. The summed E-state index contributed by atoms with van der Waals surface area (Å²) >= 11 is 0. The standard InChI is InChI=1S/C49H53NO/c1-50-15-49-14-23-12-21-10-18-7-17-8-20-9-19-11-22-13-25(46(49)48(50)16-3-5-24(51-2)6-4-16)33-38-29(22)28(19)35-30(20)34-26(17)27(18)36-31(21)37-32(23)47(49)45(33)44-42(37)40(36)39(34)41(35)43(38)44/h3-6,10-11,14,17,19-21,25-48H,7-9,12-13,15H2,1-2H3. The van der Waals surface area contributed by atoms with Crippen LogP contribution in [0.15, 0.2) is 59.2 Å². The molecule has 1 spiro atoms. The first-order chi connectivity index (χ1) is 25.1. The number of nitrogens with zero attached hydrogens (tertiary/aromatic N) is 1. The summed E-state index contributed by atoms with van der Waals surface area (Å²) in [5.74, 6) is 29.5.